The molecule has 1 rings (SSSR count). The van der Waals surface area contributed by atoms with Gasteiger partial charge in [0.2, 0.25) is 0 Å². The van der Waals surface area contributed by atoms with Gasteiger partial charge < -0.3 is 14.5 Å². The highest BCUT2D eigenvalue weighted by Crippen LogP contribution is 2.07. The van der Waals surface area contributed by atoms with Crippen molar-refractivity contribution in [3.05, 3.63) is 0 Å². The van der Waals surface area contributed by atoms with Crippen molar-refractivity contribution in [2.45, 2.75) is 32.6 Å². The lowest BCUT2D eigenvalue weighted by Crippen LogP contribution is -2.33. The Hall–Kier alpha value is -0.120. The van der Waals surface area contributed by atoms with Gasteiger partial charge in [0.05, 0.1) is 13.2 Å². The fourth-order valence-electron chi connectivity index (χ4n) is 2.19. The first-order valence-corrected chi connectivity index (χ1v) is 6.81. The molecule has 16 heavy (non-hydrogen) atoms. The van der Waals surface area contributed by atoms with Gasteiger partial charge in [-0.3, -0.25) is 0 Å². The molecule has 0 saturated carbocycles. The number of likely N-dealkylation sites (N-methyl/N-ethyl adjacent to an activating group) is 1. The van der Waals surface area contributed by atoms with Crippen molar-refractivity contribution < 1.29 is 4.74 Å². The van der Waals surface area contributed by atoms with Crippen molar-refractivity contribution in [3.63, 3.8) is 0 Å². The first-order chi connectivity index (χ1) is 7.83. The van der Waals surface area contributed by atoms with E-state index in [1.54, 1.807) is 0 Å². The molecule has 0 aliphatic carbocycles. The lowest BCUT2D eigenvalue weighted by Gasteiger charge is -2.26. The average Bonchev–Trinajstić information content (AvgIpc) is 2.30. The van der Waals surface area contributed by atoms with Gasteiger partial charge in [0, 0.05) is 13.1 Å². The van der Waals surface area contributed by atoms with E-state index in [2.05, 4.69) is 23.8 Å². The zero-order valence-corrected chi connectivity index (χ0v) is 11.1. The van der Waals surface area contributed by atoms with Crippen LogP contribution in [-0.2, 0) is 4.74 Å². The quantitative estimate of drug-likeness (QED) is 0.590. The van der Waals surface area contributed by atoms with Gasteiger partial charge >= 0.3 is 0 Å². The highest BCUT2D eigenvalue weighted by Gasteiger charge is 2.08. The van der Waals surface area contributed by atoms with E-state index in [-0.39, 0.29) is 0 Å². The van der Waals surface area contributed by atoms with Crippen LogP contribution in [-0.4, -0.2) is 62.8 Å². The van der Waals surface area contributed by atoms with Gasteiger partial charge in [0.1, 0.15) is 0 Å². The molecule has 0 aromatic carbocycles. The second-order valence-electron chi connectivity index (χ2n) is 4.82. The zero-order chi connectivity index (χ0) is 11.6. The van der Waals surface area contributed by atoms with Crippen molar-refractivity contribution in [3.8, 4) is 0 Å². The van der Waals surface area contributed by atoms with E-state index in [4.69, 9.17) is 4.74 Å². The molecule has 3 heteroatoms. The number of hydrogen-bond acceptors (Lipinski definition) is 3. The molecular formula is C13H28N2O. The molecule has 3 nitrogen and oxygen atoms in total. The minimum atomic E-state index is 0.879. The standard InChI is InChI=1S/C13H28N2O/c1-3-7-14(2)10-12-16-13-11-15-8-5-4-6-9-15/h3-13H2,1-2H3. The van der Waals surface area contributed by atoms with Gasteiger partial charge in [0.15, 0.2) is 0 Å². The summed E-state index contributed by atoms with van der Waals surface area (Å²) in [5.74, 6) is 0. The molecule has 0 spiro atoms. The topological polar surface area (TPSA) is 15.7 Å². The van der Waals surface area contributed by atoms with Crippen LogP contribution in [0.2, 0.25) is 0 Å². The maximum Gasteiger partial charge on any atom is 0.0594 e. The van der Waals surface area contributed by atoms with Gasteiger partial charge in [-0.1, -0.05) is 13.3 Å². The molecular weight excluding hydrogens is 200 g/mol. The first-order valence-electron chi connectivity index (χ1n) is 6.81. The van der Waals surface area contributed by atoms with Crippen molar-refractivity contribution in [2.24, 2.45) is 0 Å². The summed E-state index contributed by atoms with van der Waals surface area (Å²) >= 11 is 0. The monoisotopic (exact) mass is 228 g/mol. The van der Waals surface area contributed by atoms with Gasteiger partial charge in [-0.15, -0.1) is 0 Å². The highest BCUT2D eigenvalue weighted by molar-refractivity contribution is 4.63. The zero-order valence-electron chi connectivity index (χ0n) is 11.1. The molecule has 1 aliphatic heterocycles. The fourth-order valence-corrected chi connectivity index (χ4v) is 2.19. The minimum Gasteiger partial charge on any atom is -0.379 e. The normalized spacial score (nSPS) is 18.2. The fraction of sp³-hybridized carbons (Fsp3) is 1.00. The largest absolute Gasteiger partial charge is 0.379 e. The Labute approximate surface area is 101 Å². The third-order valence-electron chi connectivity index (χ3n) is 3.22. The number of rotatable bonds is 8. The second kappa shape index (κ2) is 8.97. The molecule has 0 atom stereocenters. The predicted octanol–water partition coefficient (Wildman–Crippen LogP) is 1.83. The Morgan fingerprint density at radius 1 is 1.06 bits per heavy atom. The summed E-state index contributed by atoms with van der Waals surface area (Å²) in [7, 11) is 2.16. The molecule has 0 aromatic rings. The lowest BCUT2D eigenvalue weighted by atomic mass is 10.1. The Balaban J connectivity index is 1.87. The Bertz CT molecular complexity index is 158. The Morgan fingerprint density at radius 2 is 1.81 bits per heavy atom. The number of piperidine rings is 1. The van der Waals surface area contributed by atoms with E-state index >= 15 is 0 Å². The molecule has 1 fully saturated rings. The molecule has 96 valence electrons. The van der Waals surface area contributed by atoms with Gasteiger partial charge in [-0.2, -0.15) is 0 Å². The maximum atomic E-state index is 5.67. The molecule has 0 bridgehead atoms. The molecule has 1 saturated heterocycles. The second-order valence-corrected chi connectivity index (χ2v) is 4.82. The lowest BCUT2D eigenvalue weighted by molar-refractivity contribution is 0.0829. The van der Waals surface area contributed by atoms with Crippen molar-refractivity contribution in [1.29, 1.82) is 0 Å². The summed E-state index contributed by atoms with van der Waals surface area (Å²) in [6, 6.07) is 0. The van der Waals surface area contributed by atoms with E-state index in [1.807, 2.05) is 0 Å². The molecule has 1 heterocycles. The van der Waals surface area contributed by atoms with Crippen LogP contribution in [0.5, 0.6) is 0 Å². The van der Waals surface area contributed by atoms with E-state index < -0.39 is 0 Å². The summed E-state index contributed by atoms with van der Waals surface area (Å²) in [5.41, 5.74) is 0. The molecule has 0 N–H and O–H groups in total. The maximum absolute atomic E-state index is 5.67. The Kier molecular flexibility index (Phi) is 7.81. The van der Waals surface area contributed by atoms with Crippen LogP contribution >= 0.6 is 0 Å². The van der Waals surface area contributed by atoms with Crippen LogP contribution in [0.3, 0.4) is 0 Å². The van der Waals surface area contributed by atoms with Crippen molar-refractivity contribution in [2.75, 3.05) is 53.0 Å². The number of hydrogen-bond donors (Lipinski definition) is 0. The van der Waals surface area contributed by atoms with Crippen LogP contribution in [0.25, 0.3) is 0 Å². The Morgan fingerprint density at radius 3 is 2.50 bits per heavy atom. The van der Waals surface area contributed by atoms with Crippen LogP contribution in [0.4, 0.5) is 0 Å². The molecule has 1 aliphatic rings. The molecule has 0 amide bonds. The summed E-state index contributed by atoms with van der Waals surface area (Å²) in [4.78, 5) is 4.86. The number of likely N-dealkylation sites (tertiary alicyclic amines) is 1. The van der Waals surface area contributed by atoms with Crippen LogP contribution in [0, 0.1) is 0 Å². The van der Waals surface area contributed by atoms with Crippen LogP contribution in [0.1, 0.15) is 32.6 Å². The molecule has 0 radical (unpaired) electrons. The predicted molar refractivity (Wildman–Crippen MR) is 68.9 cm³/mol. The van der Waals surface area contributed by atoms with Crippen molar-refractivity contribution in [1.82, 2.24) is 9.80 Å². The number of nitrogens with zero attached hydrogens (tertiary/aromatic N) is 2. The minimum absolute atomic E-state index is 0.879. The smallest absolute Gasteiger partial charge is 0.0594 e. The van der Waals surface area contributed by atoms with E-state index in [0.717, 1.165) is 26.3 Å². The summed E-state index contributed by atoms with van der Waals surface area (Å²) in [6.45, 7) is 9.91. The third kappa shape index (κ3) is 6.46. The average molecular weight is 228 g/mol. The van der Waals surface area contributed by atoms with Crippen LogP contribution in [0.15, 0.2) is 0 Å². The third-order valence-corrected chi connectivity index (χ3v) is 3.22. The van der Waals surface area contributed by atoms with Crippen molar-refractivity contribution >= 4 is 0 Å². The van der Waals surface area contributed by atoms with Crippen LogP contribution < -0.4 is 0 Å². The summed E-state index contributed by atoms with van der Waals surface area (Å²) < 4.78 is 5.67. The van der Waals surface area contributed by atoms with E-state index in [9.17, 15) is 0 Å². The summed E-state index contributed by atoms with van der Waals surface area (Å²) in [6.07, 6.45) is 5.39. The first kappa shape index (κ1) is 13.9. The SMILES string of the molecule is CCCN(C)CCOCCN1CCCCC1. The van der Waals surface area contributed by atoms with E-state index in [0.29, 0.717) is 0 Å². The van der Waals surface area contributed by atoms with Gasteiger partial charge in [0.25, 0.3) is 0 Å². The van der Waals surface area contributed by atoms with Gasteiger partial charge in [-0.25, -0.2) is 0 Å². The molecule has 0 aromatic heterocycles. The number of ether oxygens (including phenoxy) is 1. The highest BCUT2D eigenvalue weighted by atomic mass is 16.5. The van der Waals surface area contributed by atoms with Gasteiger partial charge in [-0.05, 0) is 45.9 Å². The van der Waals surface area contributed by atoms with E-state index in [1.165, 1.54) is 45.3 Å². The summed E-state index contributed by atoms with van der Waals surface area (Å²) in [5, 5.41) is 0. The molecule has 0 unspecified atom stereocenters.